The van der Waals surface area contributed by atoms with Crippen molar-refractivity contribution in [3.8, 4) is 0 Å². The number of hydrogen-bond acceptors (Lipinski definition) is 7. The average molecular weight is 414 g/mol. The van der Waals surface area contributed by atoms with Gasteiger partial charge in [0.1, 0.15) is 16.4 Å². The number of nitrogens with zero attached hydrogens (tertiary/aromatic N) is 4. The second kappa shape index (κ2) is 7.69. The summed E-state index contributed by atoms with van der Waals surface area (Å²) < 4.78 is 0. The van der Waals surface area contributed by atoms with Gasteiger partial charge >= 0.3 is 0 Å². The topological polar surface area (TPSA) is 77.6 Å². The Morgan fingerprint density at radius 1 is 0.586 bits per heavy atom. The number of nitrogen functional groups attached to an aromatic ring is 1. The standard InChI is InChI=1S/C22H15N5S2/c23-18-21(28-16-9-1-5-14-7-3-11-24-19(14)16)26-13-27-22(18)29-17-10-2-6-15-8-4-12-25-20(15)17/h1-13H,23H2. The van der Waals surface area contributed by atoms with Crippen LogP contribution < -0.4 is 5.73 Å². The Morgan fingerprint density at radius 2 is 1.07 bits per heavy atom. The third-order valence-electron chi connectivity index (χ3n) is 4.42. The Labute approximate surface area is 175 Å². The quantitative estimate of drug-likeness (QED) is 0.392. The Hall–Kier alpha value is -3.16. The fraction of sp³-hybridized carbons (Fsp3) is 0. The van der Waals surface area contributed by atoms with Gasteiger partial charge in [-0.2, -0.15) is 0 Å². The van der Waals surface area contributed by atoms with Gasteiger partial charge < -0.3 is 5.73 Å². The molecule has 140 valence electrons. The van der Waals surface area contributed by atoms with Crippen molar-refractivity contribution >= 4 is 51.0 Å². The summed E-state index contributed by atoms with van der Waals surface area (Å²) in [6.45, 7) is 0. The minimum atomic E-state index is 0.559. The number of pyridine rings is 2. The molecule has 0 spiro atoms. The van der Waals surface area contributed by atoms with Crippen LogP contribution >= 0.6 is 23.5 Å². The van der Waals surface area contributed by atoms with Gasteiger partial charge in [-0.15, -0.1) is 0 Å². The van der Waals surface area contributed by atoms with Crippen molar-refractivity contribution in [2.45, 2.75) is 19.8 Å². The van der Waals surface area contributed by atoms with Gasteiger partial charge in [0.25, 0.3) is 0 Å². The lowest BCUT2D eigenvalue weighted by Gasteiger charge is -2.10. The highest BCUT2D eigenvalue weighted by Gasteiger charge is 2.14. The second-order valence-corrected chi connectivity index (χ2v) is 8.33. The monoisotopic (exact) mass is 413 g/mol. The molecule has 0 aliphatic rings. The Bertz CT molecular complexity index is 1230. The van der Waals surface area contributed by atoms with Crippen LogP contribution in [0, 0.1) is 0 Å². The molecule has 5 nitrogen and oxygen atoms in total. The van der Waals surface area contributed by atoms with E-state index in [4.69, 9.17) is 5.73 Å². The van der Waals surface area contributed by atoms with E-state index in [1.807, 2.05) is 60.7 Å². The molecule has 0 fully saturated rings. The minimum absolute atomic E-state index is 0.559. The third kappa shape index (κ3) is 3.50. The van der Waals surface area contributed by atoms with Crippen LogP contribution in [0.2, 0.25) is 0 Å². The van der Waals surface area contributed by atoms with Crippen LogP contribution in [-0.4, -0.2) is 19.9 Å². The van der Waals surface area contributed by atoms with Crippen LogP contribution in [0.5, 0.6) is 0 Å². The zero-order valence-corrected chi connectivity index (χ0v) is 16.8. The Kier molecular flexibility index (Phi) is 4.75. The summed E-state index contributed by atoms with van der Waals surface area (Å²) in [5, 5.41) is 3.60. The molecule has 5 rings (SSSR count). The number of para-hydroxylation sites is 2. The number of anilines is 1. The highest BCUT2D eigenvalue weighted by molar-refractivity contribution is 8.00. The van der Waals surface area contributed by atoms with Crippen LogP contribution in [-0.2, 0) is 0 Å². The van der Waals surface area contributed by atoms with E-state index in [0.717, 1.165) is 31.6 Å². The zero-order chi connectivity index (χ0) is 19.6. The van der Waals surface area contributed by atoms with E-state index < -0.39 is 0 Å². The molecule has 0 aliphatic heterocycles. The molecule has 0 radical (unpaired) electrons. The lowest BCUT2D eigenvalue weighted by Crippen LogP contribution is -1.98. The van der Waals surface area contributed by atoms with E-state index in [9.17, 15) is 0 Å². The van der Waals surface area contributed by atoms with Crippen molar-refractivity contribution in [1.29, 1.82) is 0 Å². The van der Waals surface area contributed by atoms with Crippen LogP contribution in [0.1, 0.15) is 0 Å². The molecule has 2 N–H and O–H groups in total. The van der Waals surface area contributed by atoms with Gasteiger partial charge in [-0.25, -0.2) is 9.97 Å². The molecule has 0 atom stereocenters. The second-order valence-electron chi connectivity index (χ2n) is 6.26. The first-order chi connectivity index (χ1) is 14.3. The molecule has 7 heteroatoms. The fourth-order valence-electron chi connectivity index (χ4n) is 3.05. The van der Waals surface area contributed by atoms with E-state index in [1.165, 1.54) is 23.5 Å². The van der Waals surface area contributed by atoms with Crippen LogP contribution in [0.15, 0.2) is 99.2 Å². The molecular weight excluding hydrogens is 398 g/mol. The van der Waals surface area contributed by atoms with Gasteiger partial charge in [-0.1, -0.05) is 59.9 Å². The highest BCUT2D eigenvalue weighted by Crippen LogP contribution is 2.40. The van der Waals surface area contributed by atoms with Gasteiger partial charge in [-0.3, -0.25) is 9.97 Å². The van der Waals surface area contributed by atoms with Crippen molar-refractivity contribution in [1.82, 2.24) is 19.9 Å². The number of fused-ring (bicyclic) bond motifs is 2. The lowest BCUT2D eigenvalue weighted by molar-refractivity contribution is 0.975. The van der Waals surface area contributed by atoms with Gasteiger partial charge in [0.05, 0.1) is 16.7 Å². The van der Waals surface area contributed by atoms with Crippen LogP contribution in [0.25, 0.3) is 21.8 Å². The Balaban J connectivity index is 1.52. The van der Waals surface area contributed by atoms with Gasteiger partial charge in [0.2, 0.25) is 0 Å². The average Bonchev–Trinajstić information content (AvgIpc) is 2.77. The molecule has 3 heterocycles. The Morgan fingerprint density at radius 3 is 1.59 bits per heavy atom. The molecule has 0 unspecified atom stereocenters. The van der Waals surface area contributed by atoms with E-state index in [1.54, 1.807) is 18.7 Å². The van der Waals surface area contributed by atoms with Crippen molar-refractivity contribution < 1.29 is 0 Å². The number of benzene rings is 2. The maximum absolute atomic E-state index is 6.46. The summed E-state index contributed by atoms with van der Waals surface area (Å²) in [5.41, 5.74) is 8.89. The fourth-order valence-corrected chi connectivity index (χ4v) is 4.97. The lowest BCUT2D eigenvalue weighted by atomic mass is 10.2. The van der Waals surface area contributed by atoms with E-state index in [0.29, 0.717) is 15.7 Å². The molecule has 0 bridgehead atoms. The normalized spacial score (nSPS) is 11.2. The number of aromatic nitrogens is 4. The smallest absolute Gasteiger partial charge is 0.128 e. The summed E-state index contributed by atoms with van der Waals surface area (Å²) in [6.07, 6.45) is 5.15. The summed E-state index contributed by atoms with van der Waals surface area (Å²) in [4.78, 5) is 19.9. The third-order valence-corrected chi connectivity index (χ3v) is 6.55. The predicted octanol–water partition coefficient (Wildman–Crippen LogP) is 5.46. The zero-order valence-electron chi connectivity index (χ0n) is 15.2. The number of rotatable bonds is 4. The first kappa shape index (κ1) is 17.9. The van der Waals surface area contributed by atoms with Gasteiger partial charge in [-0.05, 0) is 24.3 Å². The first-order valence-corrected chi connectivity index (χ1v) is 10.6. The molecular formula is C22H15N5S2. The SMILES string of the molecule is Nc1c(Sc2cccc3cccnc23)ncnc1Sc1cccc2cccnc12. The maximum atomic E-state index is 6.46. The van der Waals surface area contributed by atoms with Crippen LogP contribution in [0.3, 0.4) is 0 Å². The van der Waals surface area contributed by atoms with Crippen molar-refractivity contribution in [3.63, 3.8) is 0 Å². The number of nitrogens with two attached hydrogens (primary N) is 1. The molecule has 3 aromatic heterocycles. The minimum Gasteiger partial charge on any atom is -0.394 e. The highest BCUT2D eigenvalue weighted by atomic mass is 32.2. The molecule has 29 heavy (non-hydrogen) atoms. The molecule has 0 aliphatic carbocycles. The molecule has 2 aromatic carbocycles. The summed E-state index contributed by atoms with van der Waals surface area (Å²) >= 11 is 3.01. The summed E-state index contributed by atoms with van der Waals surface area (Å²) in [6, 6.07) is 20.1. The largest absolute Gasteiger partial charge is 0.394 e. The summed E-state index contributed by atoms with van der Waals surface area (Å²) in [7, 11) is 0. The van der Waals surface area contributed by atoms with Crippen molar-refractivity contribution in [2.75, 3.05) is 5.73 Å². The van der Waals surface area contributed by atoms with Gasteiger partial charge in [0, 0.05) is 33.0 Å². The molecule has 0 saturated carbocycles. The van der Waals surface area contributed by atoms with E-state index >= 15 is 0 Å². The van der Waals surface area contributed by atoms with Gasteiger partial charge in [0.15, 0.2) is 0 Å². The van der Waals surface area contributed by atoms with E-state index in [-0.39, 0.29) is 0 Å². The molecule has 0 amide bonds. The molecule has 5 aromatic rings. The first-order valence-electron chi connectivity index (χ1n) is 8.93. The summed E-state index contributed by atoms with van der Waals surface area (Å²) in [5.74, 6) is 0. The van der Waals surface area contributed by atoms with Crippen molar-refractivity contribution in [2.24, 2.45) is 0 Å². The predicted molar refractivity (Wildman–Crippen MR) is 118 cm³/mol. The maximum Gasteiger partial charge on any atom is 0.128 e. The number of hydrogen-bond donors (Lipinski definition) is 1. The van der Waals surface area contributed by atoms with E-state index in [2.05, 4.69) is 19.9 Å². The van der Waals surface area contributed by atoms with Crippen LogP contribution in [0.4, 0.5) is 5.69 Å². The molecule has 0 saturated heterocycles. The van der Waals surface area contributed by atoms with Crippen molar-refractivity contribution in [3.05, 3.63) is 79.4 Å².